The highest BCUT2D eigenvalue weighted by atomic mass is 35.5. The molecule has 1 aliphatic rings. The van der Waals surface area contributed by atoms with Crippen molar-refractivity contribution < 1.29 is 9.90 Å². The second kappa shape index (κ2) is 5.52. The quantitative estimate of drug-likeness (QED) is 0.870. The van der Waals surface area contributed by atoms with Crippen molar-refractivity contribution in [3.05, 3.63) is 34.9 Å². The molecule has 2 atom stereocenters. The average molecular weight is 254 g/mol. The van der Waals surface area contributed by atoms with Gasteiger partial charge in [0.1, 0.15) is 0 Å². The van der Waals surface area contributed by atoms with Crippen LogP contribution in [0.3, 0.4) is 0 Å². The van der Waals surface area contributed by atoms with Crippen LogP contribution in [0.5, 0.6) is 0 Å². The van der Waals surface area contributed by atoms with Gasteiger partial charge in [-0.3, -0.25) is 4.79 Å². The molecule has 0 saturated carbocycles. The Morgan fingerprint density at radius 1 is 1.53 bits per heavy atom. The smallest absolute Gasteiger partial charge is 0.311 e. The molecule has 2 rings (SSSR count). The van der Waals surface area contributed by atoms with Gasteiger partial charge in [0.05, 0.1) is 5.92 Å². The second-order valence-corrected chi connectivity index (χ2v) is 4.91. The van der Waals surface area contributed by atoms with E-state index in [-0.39, 0.29) is 5.92 Å². The molecule has 3 nitrogen and oxygen atoms in total. The van der Waals surface area contributed by atoms with E-state index in [0.29, 0.717) is 5.02 Å². The zero-order valence-electron chi connectivity index (χ0n) is 9.53. The van der Waals surface area contributed by atoms with E-state index in [1.54, 1.807) is 12.1 Å². The van der Waals surface area contributed by atoms with Gasteiger partial charge in [-0.05, 0) is 49.5 Å². The van der Waals surface area contributed by atoms with Crippen molar-refractivity contribution in [1.29, 1.82) is 0 Å². The van der Waals surface area contributed by atoms with Crippen molar-refractivity contribution in [2.75, 3.05) is 13.1 Å². The number of carbonyl (C=O) groups is 1. The summed E-state index contributed by atoms with van der Waals surface area (Å²) < 4.78 is 0. The summed E-state index contributed by atoms with van der Waals surface area (Å²) in [5.41, 5.74) is 0.804. The summed E-state index contributed by atoms with van der Waals surface area (Å²) in [5.74, 6) is -1.07. The van der Waals surface area contributed by atoms with E-state index in [2.05, 4.69) is 5.32 Å². The van der Waals surface area contributed by atoms with Crippen molar-refractivity contribution in [3.63, 3.8) is 0 Å². The molecule has 0 amide bonds. The van der Waals surface area contributed by atoms with E-state index in [0.717, 1.165) is 31.5 Å². The van der Waals surface area contributed by atoms with Crippen molar-refractivity contribution in [3.8, 4) is 0 Å². The summed E-state index contributed by atoms with van der Waals surface area (Å²) >= 11 is 5.92. The number of rotatable bonds is 3. The average Bonchev–Trinajstić information content (AvgIpc) is 2.30. The van der Waals surface area contributed by atoms with Crippen LogP contribution in [0.4, 0.5) is 0 Å². The van der Waals surface area contributed by atoms with Gasteiger partial charge in [0, 0.05) is 5.02 Å². The molecule has 0 bridgehead atoms. The van der Waals surface area contributed by atoms with Crippen LogP contribution in [0.1, 0.15) is 24.3 Å². The predicted molar refractivity (Wildman–Crippen MR) is 67.4 cm³/mol. The second-order valence-electron chi connectivity index (χ2n) is 4.48. The monoisotopic (exact) mass is 253 g/mol. The maximum atomic E-state index is 11.4. The maximum Gasteiger partial charge on any atom is 0.311 e. The molecular formula is C13H16ClNO2. The Bertz CT molecular complexity index is 402. The Morgan fingerprint density at radius 2 is 2.35 bits per heavy atom. The van der Waals surface area contributed by atoms with Crippen LogP contribution in [0, 0.1) is 5.92 Å². The third-order valence-electron chi connectivity index (χ3n) is 3.28. The lowest BCUT2D eigenvalue weighted by atomic mass is 9.81. The summed E-state index contributed by atoms with van der Waals surface area (Å²) in [6.45, 7) is 1.75. The third-order valence-corrected chi connectivity index (χ3v) is 3.52. The van der Waals surface area contributed by atoms with Crippen LogP contribution in [0.15, 0.2) is 24.3 Å². The molecule has 1 aliphatic heterocycles. The van der Waals surface area contributed by atoms with Crippen LogP contribution in [0.2, 0.25) is 5.02 Å². The number of hydrogen-bond donors (Lipinski definition) is 2. The molecule has 2 N–H and O–H groups in total. The first-order valence-electron chi connectivity index (χ1n) is 5.87. The first kappa shape index (κ1) is 12.4. The van der Waals surface area contributed by atoms with E-state index >= 15 is 0 Å². The van der Waals surface area contributed by atoms with Gasteiger partial charge in [0.2, 0.25) is 0 Å². The van der Waals surface area contributed by atoms with Crippen molar-refractivity contribution in [1.82, 2.24) is 5.32 Å². The Morgan fingerprint density at radius 3 is 2.94 bits per heavy atom. The molecule has 0 aromatic heterocycles. The highest BCUT2D eigenvalue weighted by Gasteiger charge is 2.30. The number of hydrogen-bond acceptors (Lipinski definition) is 2. The fraction of sp³-hybridized carbons (Fsp3) is 0.462. The van der Waals surface area contributed by atoms with Gasteiger partial charge >= 0.3 is 5.97 Å². The minimum Gasteiger partial charge on any atom is -0.481 e. The zero-order valence-corrected chi connectivity index (χ0v) is 10.3. The lowest BCUT2D eigenvalue weighted by molar-refractivity contribution is -0.140. The van der Waals surface area contributed by atoms with Crippen molar-refractivity contribution >= 4 is 17.6 Å². The Hall–Kier alpha value is -1.06. The lowest BCUT2D eigenvalue weighted by Gasteiger charge is -2.28. The third kappa shape index (κ3) is 2.99. The van der Waals surface area contributed by atoms with E-state index in [4.69, 9.17) is 11.6 Å². The predicted octanol–water partition coefficient (Wildman–Crippen LogP) is 2.51. The largest absolute Gasteiger partial charge is 0.481 e. The molecule has 2 unspecified atom stereocenters. The normalized spacial score (nSPS) is 22.1. The minimum absolute atomic E-state index is 0.153. The van der Waals surface area contributed by atoms with Crippen molar-refractivity contribution in [2.24, 2.45) is 5.92 Å². The number of halogens is 1. The van der Waals surface area contributed by atoms with E-state index in [9.17, 15) is 9.90 Å². The molecule has 0 radical (unpaired) electrons. The van der Waals surface area contributed by atoms with E-state index in [1.807, 2.05) is 12.1 Å². The number of carboxylic acids is 1. The number of nitrogens with one attached hydrogen (secondary N) is 1. The maximum absolute atomic E-state index is 11.4. The molecule has 1 saturated heterocycles. The highest BCUT2D eigenvalue weighted by molar-refractivity contribution is 6.30. The van der Waals surface area contributed by atoms with Crippen LogP contribution in [-0.2, 0) is 4.79 Å². The molecule has 1 heterocycles. The highest BCUT2D eigenvalue weighted by Crippen LogP contribution is 2.31. The number of benzene rings is 1. The standard InChI is InChI=1S/C13H16ClNO2/c14-11-5-1-3-9(7-11)12(13(16)17)10-4-2-6-15-8-10/h1,3,5,7,10,12,15H,2,4,6,8H2,(H,16,17). The molecule has 0 aliphatic carbocycles. The number of aliphatic carboxylic acids is 1. The Labute approximate surface area is 106 Å². The Balaban J connectivity index is 2.25. The summed E-state index contributed by atoms with van der Waals surface area (Å²) in [7, 11) is 0. The molecule has 1 aromatic rings. The SMILES string of the molecule is O=C(O)C(c1cccc(Cl)c1)C1CCCNC1. The summed E-state index contributed by atoms with van der Waals surface area (Å²) in [6.07, 6.45) is 1.99. The van der Waals surface area contributed by atoms with Crippen molar-refractivity contribution in [2.45, 2.75) is 18.8 Å². The van der Waals surface area contributed by atoms with Gasteiger partial charge in [-0.15, -0.1) is 0 Å². The molecule has 0 spiro atoms. The summed E-state index contributed by atoms with van der Waals surface area (Å²) in [5, 5.41) is 13.3. The molecule has 92 valence electrons. The molecular weight excluding hydrogens is 238 g/mol. The number of carboxylic acid groups (broad SMARTS) is 1. The first-order chi connectivity index (χ1) is 8.18. The summed E-state index contributed by atoms with van der Waals surface area (Å²) in [6, 6.07) is 7.18. The van der Waals surface area contributed by atoms with Gasteiger partial charge in [0.15, 0.2) is 0 Å². The van der Waals surface area contributed by atoms with Gasteiger partial charge in [-0.1, -0.05) is 23.7 Å². The van der Waals surface area contributed by atoms with Gasteiger partial charge in [-0.2, -0.15) is 0 Å². The number of piperidine rings is 1. The van der Waals surface area contributed by atoms with Crippen LogP contribution in [-0.4, -0.2) is 24.2 Å². The lowest BCUT2D eigenvalue weighted by Crippen LogP contribution is -2.36. The topological polar surface area (TPSA) is 49.3 Å². The van der Waals surface area contributed by atoms with Crippen LogP contribution in [0.25, 0.3) is 0 Å². The van der Waals surface area contributed by atoms with Gasteiger partial charge < -0.3 is 10.4 Å². The molecule has 1 aromatic carbocycles. The molecule has 17 heavy (non-hydrogen) atoms. The Kier molecular flexibility index (Phi) is 4.02. The van der Waals surface area contributed by atoms with Crippen LogP contribution >= 0.6 is 11.6 Å². The molecule has 4 heteroatoms. The van der Waals surface area contributed by atoms with Gasteiger partial charge in [0.25, 0.3) is 0 Å². The zero-order chi connectivity index (χ0) is 12.3. The van der Waals surface area contributed by atoms with E-state index in [1.165, 1.54) is 0 Å². The summed E-state index contributed by atoms with van der Waals surface area (Å²) in [4.78, 5) is 11.4. The molecule has 1 fully saturated rings. The fourth-order valence-electron chi connectivity index (χ4n) is 2.48. The minimum atomic E-state index is -0.763. The fourth-order valence-corrected chi connectivity index (χ4v) is 2.68. The van der Waals surface area contributed by atoms with E-state index < -0.39 is 11.9 Å². The first-order valence-corrected chi connectivity index (χ1v) is 6.25. The van der Waals surface area contributed by atoms with Crippen LogP contribution < -0.4 is 5.32 Å². The van der Waals surface area contributed by atoms with Gasteiger partial charge in [-0.25, -0.2) is 0 Å².